The van der Waals surface area contributed by atoms with Crippen LogP contribution in [0, 0.1) is 6.92 Å². The Morgan fingerprint density at radius 3 is 2.49 bits per heavy atom. The molecule has 1 fully saturated rings. The van der Waals surface area contributed by atoms with E-state index >= 15 is 0 Å². The molecule has 0 aliphatic carbocycles. The Labute approximate surface area is 235 Å². The second-order valence-electron chi connectivity index (χ2n) is 10.8. The van der Waals surface area contributed by atoms with E-state index in [1.54, 1.807) is 0 Å². The number of anilines is 2. The molecule has 0 saturated carbocycles. The van der Waals surface area contributed by atoms with Gasteiger partial charge in [-0.15, -0.1) is 0 Å². The molecule has 0 radical (unpaired) electrons. The molecule has 2 aliphatic heterocycles. The van der Waals surface area contributed by atoms with Crippen LogP contribution in [0.1, 0.15) is 39.5 Å². The van der Waals surface area contributed by atoms with E-state index in [0.717, 1.165) is 60.2 Å². The summed E-state index contributed by atoms with van der Waals surface area (Å²) in [5.41, 5.74) is 0.622. The number of nitrogens with zero attached hydrogens (tertiary/aromatic N) is 3. The van der Waals surface area contributed by atoms with Gasteiger partial charge < -0.3 is 19.1 Å². The van der Waals surface area contributed by atoms with Crippen molar-refractivity contribution < 1.29 is 30.8 Å². The summed E-state index contributed by atoms with van der Waals surface area (Å²) in [5, 5.41) is 0.783. The second kappa shape index (κ2) is 10.4. The Kier molecular flexibility index (Phi) is 7.31. The Bertz CT molecular complexity index is 1700. The molecule has 3 aromatic rings. The van der Waals surface area contributed by atoms with E-state index in [9.17, 15) is 31.2 Å². The average molecular weight is 593 g/mol. The molecular formula is C28H31F3N4O5S. The smallest absolute Gasteiger partial charge is 0.418 e. The van der Waals surface area contributed by atoms with E-state index in [0.29, 0.717) is 29.7 Å². The summed E-state index contributed by atoms with van der Waals surface area (Å²) in [7, 11) is -1.89. The van der Waals surface area contributed by atoms with Crippen molar-refractivity contribution in [1.29, 1.82) is 0 Å². The highest BCUT2D eigenvalue weighted by atomic mass is 32.2. The molecule has 2 aliphatic rings. The van der Waals surface area contributed by atoms with Gasteiger partial charge in [-0.05, 0) is 63.2 Å². The van der Waals surface area contributed by atoms with Crippen LogP contribution in [-0.2, 0) is 29.2 Å². The fourth-order valence-corrected chi connectivity index (χ4v) is 6.20. The summed E-state index contributed by atoms with van der Waals surface area (Å²) in [5.74, 6) is -0.706. The number of hydrogen-bond acceptors (Lipinski definition) is 7. The zero-order chi connectivity index (χ0) is 29.9. The van der Waals surface area contributed by atoms with Crippen molar-refractivity contribution in [3.63, 3.8) is 0 Å². The molecule has 3 heterocycles. The normalized spacial score (nSPS) is 18.5. The van der Waals surface area contributed by atoms with Crippen LogP contribution in [0.25, 0.3) is 11.0 Å². The third-order valence-corrected chi connectivity index (χ3v) is 8.53. The van der Waals surface area contributed by atoms with Gasteiger partial charge in [0.1, 0.15) is 5.58 Å². The van der Waals surface area contributed by atoms with Crippen LogP contribution in [-0.4, -0.2) is 69.6 Å². The predicted molar refractivity (Wildman–Crippen MR) is 150 cm³/mol. The highest BCUT2D eigenvalue weighted by molar-refractivity contribution is 7.92. The Morgan fingerprint density at radius 2 is 1.83 bits per heavy atom. The molecule has 0 unspecified atom stereocenters. The lowest BCUT2D eigenvalue weighted by Gasteiger charge is -2.39. The largest absolute Gasteiger partial charge is 0.422 e. The number of likely N-dealkylation sites (N-methyl/N-ethyl adjacent to an activating group) is 1. The lowest BCUT2D eigenvalue weighted by molar-refractivity contribution is -0.136. The Hall–Kier alpha value is -3.58. The van der Waals surface area contributed by atoms with Gasteiger partial charge in [0.05, 0.1) is 29.6 Å². The fourth-order valence-electron chi connectivity index (χ4n) is 5.62. The third kappa shape index (κ3) is 5.65. The number of amides is 1. The third-order valence-electron chi connectivity index (χ3n) is 7.94. The molecular weight excluding hydrogens is 561 g/mol. The molecule has 1 N–H and O–H groups in total. The van der Waals surface area contributed by atoms with Gasteiger partial charge in [-0.3, -0.25) is 9.52 Å². The molecule has 13 heteroatoms. The van der Waals surface area contributed by atoms with E-state index < -0.39 is 39.0 Å². The van der Waals surface area contributed by atoms with E-state index in [4.69, 9.17) is 4.42 Å². The summed E-state index contributed by atoms with van der Waals surface area (Å²) >= 11 is 0. The Morgan fingerprint density at radius 1 is 1.10 bits per heavy atom. The van der Waals surface area contributed by atoms with Gasteiger partial charge in [-0.25, -0.2) is 13.2 Å². The standard InChI is InChI=1S/C28H31F3N4O5S/c1-16-14-34(12-11-33(16)3)24-8-6-20-19-9-10-35(15-21(19)27(37)40-25(20)17(24)2)26(36)18-5-7-23(32-41(4,38)39)22(13-18)28(29,30)31/h5-8,13,16,32H,9-12,14-15H2,1-4H3/t16-/m0/s1. The molecule has 41 heavy (non-hydrogen) atoms. The number of nitrogens with one attached hydrogen (secondary N) is 1. The van der Waals surface area contributed by atoms with Crippen LogP contribution in [0.3, 0.4) is 0 Å². The number of aryl methyl sites for hydroxylation is 1. The maximum Gasteiger partial charge on any atom is 0.418 e. The summed E-state index contributed by atoms with van der Waals surface area (Å²) < 4.78 is 71.8. The molecule has 0 spiro atoms. The molecule has 1 aromatic heterocycles. The highest BCUT2D eigenvalue weighted by Crippen LogP contribution is 2.37. The zero-order valence-corrected chi connectivity index (χ0v) is 23.9. The van der Waals surface area contributed by atoms with Crippen LogP contribution < -0.4 is 15.2 Å². The molecule has 0 bridgehead atoms. The maximum atomic E-state index is 13.7. The summed E-state index contributed by atoms with van der Waals surface area (Å²) in [6.07, 6.45) is -3.84. The Balaban J connectivity index is 1.45. The summed E-state index contributed by atoms with van der Waals surface area (Å²) in [6.45, 7) is 6.76. The van der Waals surface area contributed by atoms with E-state index in [-0.39, 0.29) is 18.7 Å². The number of fused-ring (bicyclic) bond motifs is 3. The first kappa shape index (κ1) is 28.9. The highest BCUT2D eigenvalue weighted by Gasteiger charge is 2.36. The predicted octanol–water partition coefficient (Wildman–Crippen LogP) is 3.83. The lowest BCUT2D eigenvalue weighted by Crippen LogP contribution is -2.50. The lowest BCUT2D eigenvalue weighted by atomic mass is 9.95. The molecule has 1 amide bonds. The number of benzene rings is 2. The number of halogens is 3. The van der Waals surface area contributed by atoms with E-state index in [1.165, 1.54) is 4.90 Å². The fraction of sp³-hybridized carbons (Fsp3) is 0.429. The van der Waals surface area contributed by atoms with E-state index in [1.807, 2.05) is 23.8 Å². The van der Waals surface area contributed by atoms with Crippen molar-refractivity contribution in [3.8, 4) is 0 Å². The van der Waals surface area contributed by atoms with Crippen molar-refractivity contribution >= 4 is 38.3 Å². The van der Waals surface area contributed by atoms with Crippen molar-refractivity contribution in [2.75, 3.05) is 49.1 Å². The van der Waals surface area contributed by atoms with Crippen molar-refractivity contribution in [2.45, 2.75) is 39.0 Å². The molecule has 5 rings (SSSR count). The van der Waals surface area contributed by atoms with E-state index in [2.05, 4.69) is 23.8 Å². The molecule has 9 nitrogen and oxygen atoms in total. The van der Waals surface area contributed by atoms with Crippen LogP contribution in [0.15, 0.2) is 39.5 Å². The number of rotatable bonds is 4. The number of piperazine rings is 1. The van der Waals surface area contributed by atoms with Crippen molar-refractivity contribution in [2.24, 2.45) is 0 Å². The molecule has 1 atom stereocenters. The zero-order valence-electron chi connectivity index (χ0n) is 23.1. The minimum atomic E-state index is -4.91. The van der Waals surface area contributed by atoms with Gasteiger partial charge in [0, 0.05) is 54.4 Å². The first-order chi connectivity index (χ1) is 19.1. The van der Waals surface area contributed by atoms with Crippen LogP contribution >= 0.6 is 0 Å². The number of sulfonamides is 1. The van der Waals surface area contributed by atoms with Gasteiger partial charge in [0.15, 0.2) is 0 Å². The number of carbonyl (C=O) groups is 1. The molecule has 1 saturated heterocycles. The van der Waals surface area contributed by atoms with Gasteiger partial charge in [-0.2, -0.15) is 13.2 Å². The van der Waals surface area contributed by atoms with Crippen LogP contribution in [0.4, 0.5) is 24.5 Å². The first-order valence-electron chi connectivity index (χ1n) is 13.2. The number of carbonyl (C=O) groups excluding carboxylic acids is 1. The number of hydrogen-bond donors (Lipinski definition) is 1. The quantitative estimate of drug-likeness (QED) is 0.460. The summed E-state index contributed by atoms with van der Waals surface area (Å²) in [4.78, 5) is 32.3. The van der Waals surface area contributed by atoms with Crippen molar-refractivity contribution in [1.82, 2.24) is 9.80 Å². The molecule has 2 aromatic carbocycles. The van der Waals surface area contributed by atoms with Crippen LogP contribution in [0.5, 0.6) is 0 Å². The number of alkyl halides is 3. The molecule has 220 valence electrons. The van der Waals surface area contributed by atoms with Gasteiger partial charge in [0.25, 0.3) is 5.91 Å². The SMILES string of the molecule is Cc1c(N2CCN(C)[C@@H](C)C2)ccc2c3c(c(=O)oc12)CN(C(=O)c1ccc(NS(C)(=O)=O)c(C(F)(F)F)c1)CC3. The van der Waals surface area contributed by atoms with Gasteiger partial charge in [-0.1, -0.05) is 0 Å². The van der Waals surface area contributed by atoms with Gasteiger partial charge >= 0.3 is 11.8 Å². The topological polar surface area (TPSA) is 103 Å². The maximum absolute atomic E-state index is 13.7. The second-order valence-corrected chi connectivity index (χ2v) is 12.6. The van der Waals surface area contributed by atoms with Crippen molar-refractivity contribution in [3.05, 3.63) is 68.6 Å². The van der Waals surface area contributed by atoms with Gasteiger partial charge in [0.2, 0.25) is 10.0 Å². The minimum Gasteiger partial charge on any atom is -0.422 e. The monoisotopic (exact) mass is 592 g/mol. The first-order valence-corrected chi connectivity index (χ1v) is 15.0. The minimum absolute atomic E-state index is 0.117. The van der Waals surface area contributed by atoms with Crippen LogP contribution in [0.2, 0.25) is 0 Å². The average Bonchev–Trinajstić information content (AvgIpc) is 2.89. The summed E-state index contributed by atoms with van der Waals surface area (Å²) in [6, 6.07) is 7.00.